The molecule has 0 saturated heterocycles. The Bertz CT molecular complexity index is 225. The average Bonchev–Trinajstić information content (AvgIpc) is 2.06. The van der Waals surface area contributed by atoms with Crippen molar-refractivity contribution in [3.8, 4) is 0 Å². The Kier molecular flexibility index (Phi) is 3.61. The average molecular weight is 183 g/mol. The molecule has 0 saturated carbocycles. The molecule has 1 aromatic rings. The Morgan fingerprint density at radius 2 is 1.83 bits per heavy atom. The molecule has 1 heteroatoms. The molecule has 1 aromatic carbocycles. The van der Waals surface area contributed by atoms with E-state index in [1.165, 1.54) is 11.1 Å². The Hall–Kier alpha value is -0.490. The van der Waals surface area contributed by atoms with Gasteiger partial charge in [-0.1, -0.05) is 36.8 Å². The van der Waals surface area contributed by atoms with Gasteiger partial charge in [-0.15, -0.1) is 11.6 Å². The summed E-state index contributed by atoms with van der Waals surface area (Å²) in [6, 6.07) is 8.68. The van der Waals surface area contributed by atoms with E-state index in [0.717, 1.165) is 12.3 Å². The third kappa shape index (κ3) is 2.53. The van der Waals surface area contributed by atoms with Crippen LogP contribution in [0.3, 0.4) is 0 Å². The highest BCUT2D eigenvalue weighted by molar-refractivity contribution is 6.17. The fourth-order valence-electron chi connectivity index (χ4n) is 1.23. The van der Waals surface area contributed by atoms with E-state index in [1.807, 2.05) is 0 Å². The van der Waals surface area contributed by atoms with E-state index in [2.05, 4.69) is 38.1 Å². The van der Waals surface area contributed by atoms with Crippen molar-refractivity contribution in [2.45, 2.75) is 26.2 Å². The second-order valence-corrected chi connectivity index (χ2v) is 3.67. The summed E-state index contributed by atoms with van der Waals surface area (Å²) in [7, 11) is 0. The van der Waals surface area contributed by atoms with Crippen LogP contribution in [0.1, 0.15) is 30.4 Å². The van der Waals surface area contributed by atoms with E-state index in [0.29, 0.717) is 5.92 Å². The smallest absolute Gasteiger partial charge is 0.0229 e. The number of alkyl halides is 1. The molecule has 1 atom stereocenters. The zero-order valence-corrected chi connectivity index (χ0v) is 8.43. The Labute approximate surface area is 79.6 Å². The maximum absolute atomic E-state index is 5.68. The molecule has 1 unspecified atom stereocenters. The summed E-state index contributed by atoms with van der Waals surface area (Å²) in [6.07, 6.45) is 1.06. The minimum absolute atomic E-state index is 0.586. The fourth-order valence-corrected chi connectivity index (χ4v) is 1.55. The largest absolute Gasteiger partial charge is 0.127 e. The zero-order valence-electron chi connectivity index (χ0n) is 7.68. The molecule has 0 bridgehead atoms. The van der Waals surface area contributed by atoms with Crippen molar-refractivity contribution in [3.63, 3.8) is 0 Å². The highest BCUT2D eigenvalue weighted by Crippen LogP contribution is 2.19. The van der Waals surface area contributed by atoms with Gasteiger partial charge in [0.05, 0.1) is 0 Å². The van der Waals surface area contributed by atoms with Crippen LogP contribution in [-0.2, 0) is 0 Å². The van der Waals surface area contributed by atoms with Crippen LogP contribution in [0, 0.1) is 6.92 Å². The van der Waals surface area contributed by atoms with Gasteiger partial charge in [-0.05, 0) is 24.8 Å². The highest BCUT2D eigenvalue weighted by Gasteiger charge is 2.02. The Balaban J connectivity index is 2.68. The quantitative estimate of drug-likeness (QED) is 0.625. The van der Waals surface area contributed by atoms with Crippen LogP contribution >= 0.6 is 11.6 Å². The fraction of sp³-hybridized carbons (Fsp3) is 0.455. The zero-order chi connectivity index (χ0) is 8.97. The van der Waals surface area contributed by atoms with E-state index in [9.17, 15) is 0 Å². The van der Waals surface area contributed by atoms with Gasteiger partial charge in [-0.25, -0.2) is 0 Å². The summed E-state index contributed by atoms with van der Waals surface area (Å²) in [5.41, 5.74) is 2.71. The topological polar surface area (TPSA) is 0 Å². The maximum atomic E-state index is 5.68. The van der Waals surface area contributed by atoms with Crippen LogP contribution in [0.5, 0.6) is 0 Å². The number of hydrogen-bond donors (Lipinski definition) is 0. The molecule has 1 rings (SSSR count). The second kappa shape index (κ2) is 4.51. The van der Waals surface area contributed by atoms with Crippen molar-refractivity contribution in [2.24, 2.45) is 0 Å². The van der Waals surface area contributed by atoms with Crippen LogP contribution in [0.4, 0.5) is 0 Å². The first-order valence-corrected chi connectivity index (χ1v) is 4.90. The van der Waals surface area contributed by atoms with Crippen molar-refractivity contribution >= 4 is 11.6 Å². The van der Waals surface area contributed by atoms with E-state index in [-0.39, 0.29) is 0 Å². The molecule has 0 aliphatic heterocycles. The van der Waals surface area contributed by atoms with Crippen LogP contribution in [0.15, 0.2) is 24.3 Å². The molecule has 0 heterocycles. The van der Waals surface area contributed by atoms with Gasteiger partial charge in [0.1, 0.15) is 0 Å². The highest BCUT2D eigenvalue weighted by atomic mass is 35.5. The van der Waals surface area contributed by atoms with Crippen molar-refractivity contribution in [1.82, 2.24) is 0 Å². The van der Waals surface area contributed by atoms with Crippen molar-refractivity contribution < 1.29 is 0 Å². The van der Waals surface area contributed by atoms with Gasteiger partial charge in [-0.3, -0.25) is 0 Å². The van der Waals surface area contributed by atoms with Crippen LogP contribution in [0.25, 0.3) is 0 Å². The molecular formula is C11H15Cl. The maximum Gasteiger partial charge on any atom is 0.0229 e. The molecule has 0 radical (unpaired) electrons. The summed E-state index contributed by atoms with van der Waals surface area (Å²) in [6.45, 7) is 4.32. The van der Waals surface area contributed by atoms with Gasteiger partial charge in [0, 0.05) is 5.88 Å². The lowest BCUT2D eigenvalue weighted by Crippen LogP contribution is -1.93. The van der Waals surface area contributed by atoms with Crippen molar-refractivity contribution in [3.05, 3.63) is 35.4 Å². The molecule has 0 aliphatic carbocycles. The first kappa shape index (κ1) is 9.60. The Morgan fingerprint density at radius 1 is 1.25 bits per heavy atom. The summed E-state index contributed by atoms with van der Waals surface area (Å²) in [5, 5.41) is 0. The van der Waals surface area contributed by atoms with E-state index in [4.69, 9.17) is 11.6 Å². The first-order chi connectivity index (χ1) is 5.74. The molecule has 0 fully saturated rings. The third-order valence-corrected chi connectivity index (χ3v) is 2.41. The van der Waals surface area contributed by atoms with Gasteiger partial charge in [0.25, 0.3) is 0 Å². The summed E-state index contributed by atoms with van der Waals surface area (Å²) in [5.74, 6) is 1.33. The Morgan fingerprint density at radius 3 is 2.33 bits per heavy atom. The third-order valence-electron chi connectivity index (χ3n) is 2.19. The molecule has 0 aliphatic rings. The molecule has 0 nitrogen and oxygen atoms in total. The van der Waals surface area contributed by atoms with Gasteiger partial charge in [-0.2, -0.15) is 0 Å². The molecule has 0 spiro atoms. The minimum Gasteiger partial charge on any atom is -0.127 e. The minimum atomic E-state index is 0.586. The number of benzene rings is 1. The number of hydrogen-bond acceptors (Lipinski definition) is 0. The summed E-state index contributed by atoms with van der Waals surface area (Å²) >= 11 is 5.68. The summed E-state index contributed by atoms with van der Waals surface area (Å²) in [4.78, 5) is 0. The molecule has 0 amide bonds. The van der Waals surface area contributed by atoms with Crippen LogP contribution < -0.4 is 0 Å². The van der Waals surface area contributed by atoms with Gasteiger partial charge in [0.15, 0.2) is 0 Å². The van der Waals surface area contributed by atoms with Gasteiger partial charge in [0.2, 0.25) is 0 Å². The molecule has 0 N–H and O–H groups in total. The SMILES string of the molecule is Cc1ccc(C(C)CCCl)cc1. The number of aryl methyl sites for hydroxylation is 1. The van der Waals surface area contributed by atoms with Crippen molar-refractivity contribution in [2.75, 3.05) is 5.88 Å². The molecule has 12 heavy (non-hydrogen) atoms. The molecule has 66 valence electrons. The monoisotopic (exact) mass is 182 g/mol. The van der Waals surface area contributed by atoms with Gasteiger partial charge >= 0.3 is 0 Å². The van der Waals surface area contributed by atoms with E-state index < -0.39 is 0 Å². The normalized spacial score (nSPS) is 12.9. The predicted octanol–water partition coefficient (Wildman–Crippen LogP) is 3.73. The molecular weight excluding hydrogens is 168 g/mol. The number of halogens is 1. The lowest BCUT2D eigenvalue weighted by Gasteiger charge is -2.09. The lowest BCUT2D eigenvalue weighted by molar-refractivity contribution is 0.738. The van der Waals surface area contributed by atoms with E-state index in [1.54, 1.807) is 0 Å². The van der Waals surface area contributed by atoms with Gasteiger partial charge < -0.3 is 0 Å². The number of rotatable bonds is 3. The first-order valence-electron chi connectivity index (χ1n) is 4.36. The van der Waals surface area contributed by atoms with Crippen LogP contribution in [0.2, 0.25) is 0 Å². The van der Waals surface area contributed by atoms with Crippen LogP contribution in [-0.4, -0.2) is 5.88 Å². The summed E-state index contributed by atoms with van der Waals surface area (Å²) < 4.78 is 0. The second-order valence-electron chi connectivity index (χ2n) is 3.29. The van der Waals surface area contributed by atoms with Crippen molar-refractivity contribution in [1.29, 1.82) is 0 Å². The predicted molar refractivity (Wildman–Crippen MR) is 54.9 cm³/mol. The molecule has 0 aromatic heterocycles. The van der Waals surface area contributed by atoms with E-state index >= 15 is 0 Å². The lowest BCUT2D eigenvalue weighted by atomic mass is 9.98. The standard InChI is InChI=1S/C11H15Cl/c1-9-3-5-11(6-4-9)10(2)7-8-12/h3-6,10H,7-8H2,1-2H3.